The molecule has 0 unspecified atom stereocenters. The van der Waals surface area contributed by atoms with Gasteiger partial charge in [-0.05, 0) is 49.6 Å². The summed E-state index contributed by atoms with van der Waals surface area (Å²) in [7, 11) is 1.62. The van der Waals surface area contributed by atoms with Crippen molar-refractivity contribution in [3.63, 3.8) is 0 Å². The van der Waals surface area contributed by atoms with Crippen molar-refractivity contribution in [2.24, 2.45) is 0 Å². The highest BCUT2D eigenvalue weighted by atomic mass is 16.5. The molecule has 8 heteroatoms. The van der Waals surface area contributed by atoms with Crippen LogP contribution >= 0.6 is 0 Å². The quantitative estimate of drug-likeness (QED) is 0.536. The molecule has 1 N–H and O–H groups in total. The fourth-order valence-corrected chi connectivity index (χ4v) is 5.29. The number of fused-ring (bicyclic) bond motifs is 1. The van der Waals surface area contributed by atoms with Crippen LogP contribution in [-0.4, -0.2) is 45.2 Å². The Morgan fingerprint density at radius 2 is 1.86 bits per heavy atom. The zero-order valence-corrected chi connectivity index (χ0v) is 21.0. The molecule has 0 bridgehead atoms. The molecule has 1 saturated carbocycles. The zero-order valence-electron chi connectivity index (χ0n) is 21.0. The van der Waals surface area contributed by atoms with Crippen molar-refractivity contribution in [2.45, 2.75) is 76.5 Å². The van der Waals surface area contributed by atoms with Gasteiger partial charge in [-0.15, -0.1) is 0 Å². The van der Waals surface area contributed by atoms with Crippen molar-refractivity contribution in [1.82, 2.24) is 20.0 Å². The number of carbonyl (C=O) groups is 2. The fraction of sp³-hybridized carbons (Fsp3) is 0.464. The van der Waals surface area contributed by atoms with Crippen LogP contribution in [0, 0.1) is 0 Å². The lowest BCUT2D eigenvalue weighted by atomic mass is 9.92. The minimum Gasteiger partial charge on any atom is -0.497 e. The topological polar surface area (TPSA) is 89.6 Å². The molecule has 3 aromatic rings. The van der Waals surface area contributed by atoms with Crippen LogP contribution in [0.25, 0.3) is 11.5 Å². The van der Waals surface area contributed by atoms with Gasteiger partial charge < -0.3 is 19.4 Å². The Morgan fingerprint density at radius 3 is 2.53 bits per heavy atom. The van der Waals surface area contributed by atoms with Crippen molar-refractivity contribution in [2.75, 3.05) is 7.11 Å². The van der Waals surface area contributed by atoms with E-state index >= 15 is 0 Å². The molecular formula is C28H34N4O4. The number of hydrogen-bond donors (Lipinski definition) is 1. The molecule has 190 valence electrons. The molecule has 0 radical (unpaired) electrons. The molecule has 1 aliphatic carbocycles. The van der Waals surface area contributed by atoms with Gasteiger partial charge in [-0.1, -0.05) is 44.2 Å². The number of furan rings is 1. The van der Waals surface area contributed by atoms with E-state index in [9.17, 15) is 9.59 Å². The summed E-state index contributed by atoms with van der Waals surface area (Å²) in [4.78, 5) is 29.5. The van der Waals surface area contributed by atoms with Gasteiger partial charge in [-0.2, -0.15) is 5.10 Å². The molecule has 0 saturated heterocycles. The van der Waals surface area contributed by atoms with E-state index in [1.807, 2.05) is 37.3 Å². The van der Waals surface area contributed by atoms with Crippen molar-refractivity contribution in [3.8, 4) is 17.2 Å². The Balaban J connectivity index is 1.47. The average molecular weight is 491 g/mol. The number of rotatable bonds is 6. The summed E-state index contributed by atoms with van der Waals surface area (Å²) >= 11 is 0. The summed E-state index contributed by atoms with van der Waals surface area (Å²) in [5, 5.41) is 7.94. The van der Waals surface area contributed by atoms with Gasteiger partial charge in [0.25, 0.3) is 5.91 Å². The van der Waals surface area contributed by atoms with Crippen LogP contribution < -0.4 is 10.1 Å². The molecule has 36 heavy (non-hydrogen) atoms. The Kier molecular flexibility index (Phi) is 6.85. The predicted octanol–water partition coefficient (Wildman–Crippen LogP) is 4.80. The van der Waals surface area contributed by atoms with E-state index in [2.05, 4.69) is 10.4 Å². The number of nitrogens with one attached hydrogen (secondary N) is 1. The van der Waals surface area contributed by atoms with E-state index in [-0.39, 0.29) is 24.4 Å². The molecular weight excluding hydrogens is 456 g/mol. The van der Waals surface area contributed by atoms with Crippen LogP contribution in [-0.2, 0) is 17.9 Å². The summed E-state index contributed by atoms with van der Waals surface area (Å²) in [6.07, 6.45) is 9.45. The maximum absolute atomic E-state index is 13.9. The number of nitrogens with zero attached hydrogens (tertiary/aromatic N) is 3. The van der Waals surface area contributed by atoms with Gasteiger partial charge in [0.2, 0.25) is 5.91 Å². The van der Waals surface area contributed by atoms with E-state index in [0.29, 0.717) is 23.7 Å². The summed E-state index contributed by atoms with van der Waals surface area (Å²) in [6, 6.07) is 13.1. The monoisotopic (exact) mass is 490 g/mol. The molecule has 0 spiro atoms. The van der Waals surface area contributed by atoms with Crippen LogP contribution in [0.4, 0.5) is 0 Å². The van der Waals surface area contributed by atoms with Crippen molar-refractivity contribution >= 4 is 11.8 Å². The van der Waals surface area contributed by atoms with E-state index < -0.39 is 5.54 Å². The van der Waals surface area contributed by atoms with E-state index in [4.69, 9.17) is 9.15 Å². The number of ether oxygens (including phenoxy) is 1. The van der Waals surface area contributed by atoms with Gasteiger partial charge in [0.1, 0.15) is 22.7 Å². The summed E-state index contributed by atoms with van der Waals surface area (Å²) in [6.45, 7) is 2.42. The number of carbonyl (C=O) groups excluding carboxylic acids is 2. The van der Waals surface area contributed by atoms with Crippen LogP contribution in [0.3, 0.4) is 0 Å². The SMILES string of the molecule is COc1ccc(CN2C(=O)c3cc(-c4ccco4)nn3C[C@@]2(C)C(=O)NC2CCCCCCC2)cc1. The van der Waals surface area contributed by atoms with Gasteiger partial charge in [-0.3, -0.25) is 14.3 Å². The largest absolute Gasteiger partial charge is 0.497 e. The molecule has 2 aromatic heterocycles. The molecule has 5 rings (SSSR count). The molecule has 1 fully saturated rings. The highest BCUT2D eigenvalue weighted by Crippen LogP contribution is 2.32. The van der Waals surface area contributed by atoms with Gasteiger partial charge in [0.05, 0.1) is 19.9 Å². The first-order valence-corrected chi connectivity index (χ1v) is 12.9. The van der Waals surface area contributed by atoms with Crippen molar-refractivity contribution < 1.29 is 18.7 Å². The third-order valence-electron chi connectivity index (χ3n) is 7.50. The summed E-state index contributed by atoms with van der Waals surface area (Å²) in [5.41, 5.74) is 0.857. The maximum Gasteiger partial charge on any atom is 0.273 e. The highest BCUT2D eigenvalue weighted by Gasteiger charge is 2.48. The number of benzene rings is 1. The minimum atomic E-state index is -1.10. The molecule has 3 heterocycles. The van der Waals surface area contributed by atoms with Gasteiger partial charge in [-0.25, -0.2) is 0 Å². The molecule has 2 amide bonds. The zero-order chi connectivity index (χ0) is 25.1. The Hall–Kier alpha value is -3.55. The molecule has 8 nitrogen and oxygen atoms in total. The summed E-state index contributed by atoms with van der Waals surface area (Å²) in [5.74, 6) is 0.982. The van der Waals surface area contributed by atoms with Crippen molar-refractivity contribution in [1.29, 1.82) is 0 Å². The van der Waals surface area contributed by atoms with Crippen LogP contribution in [0.5, 0.6) is 5.75 Å². The van der Waals surface area contributed by atoms with Gasteiger partial charge in [0.15, 0.2) is 5.76 Å². The minimum absolute atomic E-state index is 0.129. The molecule has 2 aliphatic rings. The smallest absolute Gasteiger partial charge is 0.273 e. The summed E-state index contributed by atoms with van der Waals surface area (Å²) < 4.78 is 12.4. The Labute approximate surface area is 211 Å². The number of amides is 2. The average Bonchev–Trinajstić information content (AvgIpc) is 3.54. The lowest BCUT2D eigenvalue weighted by Gasteiger charge is -2.44. The van der Waals surface area contributed by atoms with E-state index in [0.717, 1.165) is 37.0 Å². The highest BCUT2D eigenvalue weighted by molar-refractivity contribution is 6.00. The van der Waals surface area contributed by atoms with E-state index in [1.54, 1.807) is 35.1 Å². The van der Waals surface area contributed by atoms with Crippen LogP contribution in [0.1, 0.15) is 67.9 Å². The van der Waals surface area contributed by atoms with Crippen LogP contribution in [0.15, 0.2) is 53.1 Å². The molecule has 1 aliphatic heterocycles. The van der Waals surface area contributed by atoms with E-state index in [1.165, 1.54) is 19.3 Å². The number of aromatic nitrogens is 2. The molecule has 1 atom stereocenters. The van der Waals surface area contributed by atoms with Crippen LogP contribution in [0.2, 0.25) is 0 Å². The van der Waals surface area contributed by atoms with Gasteiger partial charge >= 0.3 is 0 Å². The lowest BCUT2D eigenvalue weighted by molar-refractivity contribution is -0.134. The normalized spacial score (nSPS) is 20.9. The Morgan fingerprint density at radius 1 is 1.14 bits per heavy atom. The first-order valence-electron chi connectivity index (χ1n) is 12.9. The third-order valence-corrected chi connectivity index (χ3v) is 7.50. The third kappa shape index (κ3) is 4.76. The second-order valence-corrected chi connectivity index (χ2v) is 10.1. The standard InChI is InChI=1S/C28H34N4O4/c1-28(27(34)29-21-9-6-4-3-5-7-10-21)19-32-24(17-23(30-32)25-11-8-16-36-25)26(33)31(28)18-20-12-14-22(35-2)15-13-20/h8,11-17,21H,3-7,9-10,18-19H2,1-2H3,(H,29,34)/t28-/m0/s1. The predicted molar refractivity (Wildman–Crippen MR) is 135 cm³/mol. The van der Waals surface area contributed by atoms with Crippen molar-refractivity contribution in [3.05, 3.63) is 60.0 Å². The maximum atomic E-state index is 13.9. The molecule has 1 aromatic carbocycles. The fourth-order valence-electron chi connectivity index (χ4n) is 5.29. The number of methoxy groups -OCH3 is 1. The number of hydrogen-bond acceptors (Lipinski definition) is 5. The second kappa shape index (κ2) is 10.2. The first kappa shape index (κ1) is 24.2. The Bertz CT molecular complexity index is 1190. The first-order chi connectivity index (χ1) is 17.5. The lowest BCUT2D eigenvalue weighted by Crippen LogP contribution is -2.64. The van der Waals surface area contributed by atoms with Gasteiger partial charge in [0, 0.05) is 18.7 Å². The second-order valence-electron chi connectivity index (χ2n) is 10.1.